The SMILES string of the molecule is C[C@H](Cn1ncnn1)n1nnc2cc3c(=O)n(CCF)nnc3cc2c1=O. The highest BCUT2D eigenvalue weighted by molar-refractivity contribution is 5.93. The molecule has 3 aromatic heterocycles. The second-order valence-corrected chi connectivity index (χ2v) is 5.87. The van der Waals surface area contributed by atoms with Gasteiger partial charge in [-0.1, -0.05) is 10.4 Å². The summed E-state index contributed by atoms with van der Waals surface area (Å²) in [6.07, 6.45) is 1.29. The third-order valence-corrected chi connectivity index (χ3v) is 4.06. The van der Waals surface area contributed by atoms with Crippen LogP contribution in [0.5, 0.6) is 0 Å². The molecule has 138 valence electrons. The van der Waals surface area contributed by atoms with E-state index in [-0.39, 0.29) is 40.9 Å². The lowest BCUT2D eigenvalue weighted by molar-refractivity contribution is 0.354. The highest BCUT2D eigenvalue weighted by Gasteiger charge is 2.16. The molecule has 0 spiro atoms. The number of benzene rings is 1. The fraction of sp³-hybridized carbons (Fsp3) is 0.357. The summed E-state index contributed by atoms with van der Waals surface area (Å²) in [7, 11) is 0. The van der Waals surface area contributed by atoms with Gasteiger partial charge < -0.3 is 0 Å². The normalized spacial score (nSPS) is 12.7. The van der Waals surface area contributed by atoms with Crippen LogP contribution in [0, 0.1) is 0 Å². The molecule has 0 N–H and O–H groups in total. The topological polar surface area (TPSA) is 139 Å². The first-order valence-corrected chi connectivity index (χ1v) is 8.02. The second-order valence-electron chi connectivity index (χ2n) is 5.87. The van der Waals surface area contributed by atoms with E-state index < -0.39 is 17.8 Å². The van der Waals surface area contributed by atoms with Crippen molar-refractivity contribution in [3.05, 3.63) is 39.2 Å². The Hall–Kier alpha value is -3.64. The first-order chi connectivity index (χ1) is 13.1. The number of fused-ring (bicyclic) bond motifs is 2. The fourth-order valence-electron chi connectivity index (χ4n) is 2.73. The van der Waals surface area contributed by atoms with E-state index in [0.29, 0.717) is 0 Å². The molecule has 1 atom stereocenters. The quantitative estimate of drug-likeness (QED) is 0.408. The van der Waals surface area contributed by atoms with E-state index in [2.05, 4.69) is 36.0 Å². The summed E-state index contributed by atoms with van der Waals surface area (Å²) < 4.78 is 14.6. The minimum atomic E-state index is -0.739. The number of halogens is 1. The maximum Gasteiger partial charge on any atom is 0.277 e. The van der Waals surface area contributed by atoms with Crippen LogP contribution < -0.4 is 11.1 Å². The van der Waals surface area contributed by atoms with Crippen LogP contribution in [0.25, 0.3) is 21.8 Å². The van der Waals surface area contributed by atoms with Crippen molar-refractivity contribution >= 4 is 21.8 Å². The Morgan fingerprint density at radius 3 is 2.41 bits per heavy atom. The number of alkyl halides is 1. The van der Waals surface area contributed by atoms with E-state index in [9.17, 15) is 14.0 Å². The van der Waals surface area contributed by atoms with Gasteiger partial charge in [0.2, 0.25) is 0 Å². The number of aryl methyl sites for hydroxylation is 1. The zero-order chi connectivity index (χ0) is 19.0. The molecule has 0 aliphatic heterocycles. The van der Waals surface area contributed by atoms with Crippen LogP contribution >= 0.6 is 0 Å². The third kappa shape index (κ3) is 2.92. The zero-order valence-electron chi connectivity index (χ0n) is 14.1. The molecular formula is C14H13FN10O2. The Labute approximate surface area is 149 Å². The molecule has 4 rings (SSSR count). The molecule has 3 heterocycles. The van der Waals surface area contributed by atoms with Crippen molar-refractivity contribution in [3.8, 4) is 0 Å². The number of nitrogens with zero attached hydrogens (tertiary/aromatic N) is 10. The van der Waals surface area contributed by atoms with Gasteiger partial charge in [-0.05, 0) is 24.3 Å². The number of hydrogen-bond donors (Lipinski definition) is 0. The third-order valence-electron chi connectivity index (χ3n) is 4.06. The van der Waals surface area contributed by atoms with Crippen molar-refractivity contribution in [1.29, 1.82) is 0 Å². The summed E-state index contributed by atoms with van der Waals surface area (Å²) in [5.74, 6) is 0. The molecular weight excluding hydrogens is 359 g/mol. The summed E-state index contributed by atoms with van der Waals surface area (Å²) in [6.45, 7) is 1.11. The van der Waals surface area contributed by atoms with E-state index in [1.165, 1.54) is 27.9 Å². The second kappa shape index (κ2) is 6.59. The first-order valence-electron chi connectivity index (χ1n) is 8.02. The molecule has 27 heavy (non-hydrogen) atoms. The molecule has 0 aliphatic carbocycles. The molecule has 4 aromatic rings. The van der Waals surface area contributed by atoms with Gasteiger partial charge in [0.05, 0.1) is 29.9 Å². The minimum absolute atomic E-state index is 0.192. The molecule has 0 fully saturated rings. The highest BCUT2D eigenvalue weighted by atomic mass is 19.1. The Morgan fingerprint density at radius 1 is 1.04 bits per heavy atom. The fourth-order valence-corrected chi connectivity index (χ4v) is 2.73. The maximum absolute atomic E-state index is 12.8. The Bertz CT molecular complexity index is 1230. The summed E-state index contributed by atoms with van der Waals surface area (Å²) in [5, 5.41) is 27.3. The van der Waals surface area contributed by atoms with Crippen LogP contribution in [0.4, 0.5) is 4.39 Å². The van der Waals surface area contributed by atoms with Gasteiger partial charge in [0.25, 0.3) is 11.1 Å². The van der Waals surface area contributed by atoms with Crippen molar-refractivity contribution in [2.24, 2.45) is 0 Å². The van der Waals surface area contributed by atoms with Crippen LogP contribution in [0.3, 0.4) is 0 Å². The average Bonchev–Trinajstić information content (AvgIpc) is 3.17. The van der Waals surface area contributed by atoms with Crippen LogP contribution in [0.2, 0.25) is 0 Å². The molecule has 0 bridgehead atoms. The molecule has 0 aliphatic rings. The lowest BCUT2D eigenvalue weighted by Gasteiger charge is -2.12. The highest BCUT2D eigenvalue weighted by Crippen LogP contribution is 2.14. The van der Waals surface area contributed by atoms with Gasteiger partial charge in [-0.2, -0.15) is 4.80 Å². The van der Waals surface area contributed by atoms with Gasteiger partial charge in [-0.3, -0.25) is 9.59 Å². The number of rotatable bonds is 5. The standard InChI is InChI=1S/C14H13FN10O2/c1-8(6-24-17-7-16-20-24)25-14(27)10-5-11-9(4-12(10)19-22-25)13(26)23(3-2-15)21-18-11/h4-5,7-8H,2-3,6H2,1H3/t8-/m1/s1. The van der Waals surface area contributed by atoms with Crippen molar-refractivity contribution < 1.29 is 4.39 Å². The Morgan fingerprint density at radius 2 is 1.74 bits per heavy atom. The van der Waals surface area contributed by atoms with Gasteiger partial charge in [0, 0.05) is 0 Å². The summed E-state index contributed by atoms with van der Waals surface area (Å²) in [5.41, 5.74) is -0.433. The van der Waals surface area contributed by atoms with Crippen LogP contribution in [0.1, 0.15) is 13.0 Å². The predicted molar refractivity (Wildman–Crippen MR) is 89.7 cm³/mol. The largest absolute Gasteiger partial charge is 0.277 e. The lowest BCUT2D eigenvalue weighted by Crippen LogP contribution is -2.30. The van der Waals surface area contributed by atoms with E-state index in [1.807, 2.05) is 0 Å². The van der Waals surface area contributed by atoms with Gasteiger partial charge in [0.1, 0.15) is 17.7 Å². The van der Waals surface area contributed by atoms with Gasteiger partial charge >= 0.3 is 0 Å². The van der Waals surface area contributed by atoms with E-state index >= 15 is 0 Å². The molecule has 12 nitrogen and oxygen atoms in total. The summed E-state index contributed by atoms with van der Waals surface area (Å²) >= 11 is 0. The lowest BCUT2D eigenvalue weighted by atomic mass is 10.2. The molecule has 0 saturated heterocycles. The van der Waals surface area contributed by atoms with Crippen LogP contribution in [-0.2, 0) is 13.1 Å². The first kappa shape index (κ1) is 16.8. The van der Waals surface area contributed by atoms with Crippen molar-refractivity contribution in [3.63, 3.8) is 0 Å². The average molecular weight is 372 g/mol. The van der Waals surface area contributed by atoms with Gasteiger partial charge in [-0.25, -0.2) is 13.8 Å². The summed E-state index contributed by atoms with van der Waals surface area (Å²) in [4.78, 5) is 26.5. The monoisotopic (exact) mass is 372 g/mol. The van der Waals surface area contributed by atoms with Crippen LogP contribution in [-0.4, -0.2) is 56.9 Å². The minimum Gasteiger partial charge on any atom is -0.267 e. The van der Waals surface area contributed by atoms with E-state index in [0.717, 1.165) is 4.68 Å². The number of aromatic nitrogens is 10. The molecule has 0 saturated carbocycles. The molecule has 0 radical (unpaired) electrons. The molecule has 0 unspecified atom stereocenters. The molecule has 1 aromatic carbocycles. The number of tetrazole rings is 1. The van der Waals surface area contributed by atoms with Crippen molar-refractivity contribution in [2.75, 3.05) is 6.67 Å². The Balaban J connectivity index is 1.83. The van der Waals surface area contributed by atoms with Crippen molar-refractivity contribution in [2.45, 2.75) is 26.1 Å². The smallest absolute Gasteiger partial charge is 0.267 e. The zero-order valence-corrected chi connectivity index (χ0v) is 14.1. The number of hydrogen-bond acceptors (Lipinski definition) is 9. The van der Waals surface area contributed by atoms with Gasteiger partial charge in [0.15, 0.2) is 6.33 Å². The van der Waals surface area contributed by atoms with E-state index in [1.54, 1.807) is 6.92 Å². The maximum atomic E-state index is 12.8. The Kier molecular flexibility index (Phi) is 4.10. The predicted octanol–water partition coefficient (Wildman–Crippen LogP) is -0.886. The van der Waals surface area contributed by atoms with Crippen molar-refractivity contribution in [1.82, 2.24) is 50.2 Å². The van der Waals surface area contributed by atoms with E-state index in [4.69, 9.17) is 0 Å². The van der Waals surface area contributed by atoms with Gasteiger partial charge in [-0.15, -0.1) is 20.4 Å². The molecule has 0 amide bonds. The van der Waals surface area contributed by atoms with Crippen LogP contribution in [0.15, 0.2) is 28.0 Å². The molecule has 13 heteroatoms. The summed E-state index contributed by atoms with van der Waals surface area (Å²) in [6, 6.07) is 2.47.